The Bertz CT molecular complexity index is 1720. The van der Waals surface area contributed by atoms with Crippen molar-refractivity contribution in [1.82, 2.24) is 42.5 Å². The Hall–Kier alpha value is -0.640. The molecule has 0 aromatic carbocycles. The Morgan fingerprint density at radius 2 is 0.307 bits per heavy atom. The van der Waals surface area contributed by atoms with E-state index < -0.39 is 0 Å². The van der Waals surface area contributed by atoms with Crippen LogP contribution in [-0.2, 0) is 37.9 Å². The number of hydrogen-bond acceptors (Lipinski definition) is 16. The first-order chi connectivity index (χ1) is 43.4. The lowest BCUT2D eigenvalue weighted by Gasteiger charge is -2.54. The number of fused-ring (bicyclic) bond motifs is 24. The molecule has 13 aliphatic rings. The van der Waals surface area contributed by atoms with Crippen LogP contribution in [0.2, 0.25) is 0 Å². The molecule has 8 aliphatic carbocycles. The Balaban J connectivity index is 0.996. The summed E-state index contributed by atoms with van der Waals surface area (Å²) in [6.45, 7) is 24.7. The number of hydrogen-bond donors (Lipinski definition) is 8. The third-order valence-corrected chi connectivity index (χ3v) is 25.8. The normalized spacial score (nSPS) is 49.4. The SMILES string of the molecule is CCCOC1C2CCCCC2C(OCCC)C2C3NC(NC4NC(NC5NC(NC6NC(N3)C3C(OCCC)C7CCCCC7C(OCCC)C63)C3C(OCCC)C6CCCCC6C(OCCC)C53)C3C(OCCC)C5CCCCC5C(OCCC)C43)C12. The van der Waals surface area contributed by atoms with Crippen LogP contribution in [0.3, 0.4) is 0 Å². The minimum absolute atomic E-state index is 0.0631. The van der Waals surface area contributed by atoms with E-state index in [9.17, 15) is 0 Å². The van der Waals surface area contributed by atoms with Crippen molar-refractivity contribution in [3.8, 4) is 0 Å². The lowest BCUT2D eigenvalue weighted by atomic mass is 9.58. The highest BCUT2D eigenvalue weighted by Crippen LogP contribution is 2.58. The van der Waals surface area contributed by atoms with Gasteiger partial charge in [-0.3, -0.25) is 42.5 Å². The molecule has 8 N–H and O–H groups in total. The summed E-state index contributed by atoms with van der Waals surface area (Å²) in [6, 6.07) is 0. The van der Waals surface area contributed by atoms with E-state index in [2.05, 4.69) is 97.9 Å². The summed E-state index contributed by atoms with van der Waals surface area (Å²) < 4.78 is 60.1. The van der Waals surface area contributed by atoms with Gasteiger partial charge in [0.2, 0.25) is 0 Å². The summed E-state index contributed by atoms with van der Waals surface area (Å²) in [6.07, 6.45) is 28.1. The van der Waals surface area contributed by atoms with Gasteiger partial charge in [-0.05, 0) is 150 Å². The first kappa shape index (κ1) is 66.0. The maximum absolute atomic E-state index is 7.51. The van der Waals surface area contributed by atoms with Crippen LogP contribution in [0.4, 0.5) is 0 Å². The van der Waals surface area contributed by atoms with Crippen molar-refractivity contribution in [3.05, 3.63) is 0 Å². The van der Waals surface area contributed by atoms with Crippen molar-refractivity contribution in [2.45, 2.75) is 308 Å². The molecule has 0 aromatic rings. The van der Waals surface area contributed by atoms with Crippen molar-refractivity contribution < 1.29 is 37.9 Å². The van der Waals surface area contributed by atoms with Crippen LogP contribution < -0.4 is 42.5 Å². The average Bonchev–Trinajstić information content (AvgIpc) is 2.40. The van der Waals surface area contributed by atoms with Crippen molar-refractivity contribution in [2.24, 2.45) is 94.7 Å². The zero-order valence-electron chi connectivity index (χ0n) is 56.4. The van der Waals surface area contributed by atoms with Gasteiger partial charge in [0.05, 0.1) is 98.2 Å². The van der Waals surface area contributed by atoms with E-state index >= 15 is 0 Å². The summed E-state index contributed by atoms with van der Waals surface area (Å²) >= 11 is 0. The maximum Gasteiger partial charge on any atom is 0.0667 e. The summed E-state index contributed by atoms with van der Waals surface area (Å²) in [7, 11) is 0. The van der Waals surface area contributed by atoms with Gasteiger partial charge in [0.25, 0.3) is 0 Å². The van der Waals surface area contributed by atoms with Gasteiger partial charge in [-0.25, -0.2) is 0 Å². The molecule has 0 aromatic heterocycles. The Labute approximate surface area is 533 Å². The molecule has 504 valence electrons. The van der Waals surface area contributed by atoms with E-state index in [1.165, 1.54) is 103 Å². The van der Waals surface area contributed by atoms with E-state index in [-0.39, 0.29) is 146 Å². The molecule has 5 heterocycles. The zero-order chi connectivity index (χ0) is 60.4. The standard InChI is InChI=1S/C72H128N8O8/c1-9-33-81-57-41-25-17-18-26-42(41)58(82-34-10-2)50-49(57)65-73-66(50)78-68-53-54(62(86-38-14-6)46-30-22-21-29-45(46)61(53)85-37-13-5)70(75-68)80-72-56-55(63(87-39-15-7)47-31-23-24-32-48(47)64(56)88-40-16-8)71(76-72)79-69-52-51(67(74-69)77-65)59(83-35-11-3)43-27-19-20-28-44(43)60(52)84-36-12-4/h41-80H,9-40H2,1-8H3. The summed E-state index contributed by atoms with van der Waals surface area (Å²) in [5, 5.41) is 36.9. The van der Waals surface area contributed by atoms with Crippen LogP contribution in [0.5, 0.6) is 0 Å². The molecule has 13 rings (SSSR count). The highest BCUT2D eigenvalue weighted by Gasteiger charge is 2.68. The second-order valence-electron chi connectivity index (χ2n) is 30.9. The van der Waals surface area contributed by atoms with Crippen LogP contribution in [0.1, 0.15) is 209 Å². The molecule has 0 amide bonds. The monoisotopic (exact) mass is 1230 g/mol. The Morgan fingerprint density at radius 1 is 0.193 bits per heavy atom. The van der Waals surface area contributed by atoms with Crippen LogP contribution in [-0.4, -0.2) is 151 Å². The number of nitrogens with one attached hydrogen (secondary N) is 8. The van der Waals surface area contributed by atoms with Gasteiger partial charge in [-0.2, -0.15) is 0 Å². The van der Waals surface area contributed by atoms with E-state index in [4.69, 9.17) is 37.9 Å². The Kier molecular flexibility index (Phi) is 23.0. The van der Waals surface area contributed by atoms with Gasteiger partial charge in [0.15, 0.2) is 0 Å². The molecule has 16 nitrogen and oxygen atoms in total. The molecule has 24 unspecified atom stereocenters. The van der Waals surface area contributed by atoms with E-state index in [0.717, 1.165) is 104 Å². The molecule has 8 saturated carbocycles. The smallest absolute Gasteiger partial charge is 0.0667 e. The summed E-state index contributed by atoms with van der Waals surface area (Å²) in [4.78, 5) is 0. The van der Waals surface area contributed by atoms with Crippen LogP contribution in [0.15, 0.2) is 0 Å². The summed E-state index contributed by atoms with van der Waals surface area (Å²) in [5.74, 6) is 4.86. The largest absolute Gasteiger partial charge is 0.378 e. The lowest BCUT2D eigenvalue weighted by molar-refractivity contribution is -0.182. The molecule has 16 heteroatoms. The minimum atomic E-state index is -0.0631. The van der Waals surface area contributed by atoms with Gasteiger partial charge in [0.1, 0.15) is 0 Å². The zero-order valence-corrected chi connectivity index (χ0v) is 56.4. The fraction of sp³-hybridized carbons (Fsp3) is 1.00. The van der Waals surface area contributed by atoms with E-state index in [1.807, 2.05) is 0 Å². The molecule has 88 heavy (non-hydrogen) atoms. The lowest BCUT2D eigenvalue weighted by Crippen LogP contribution is -2.63. The summed E-state index contributed by atoms with van der Waals surface area (Å²) in [5.41, 5.74) is 0. The highest BCUT2D eigenvalue weighted by molar-refractivity contribution is 5.19. The number of ether oxygens (including phenoxy) is 8. The molecule has 5 aliphatic heterocycles. The van der Waals surface area contributed by atoms with Crippen LogP contribution in [0, 0.1) is 94.7 Å². The molecule has 0 radical (unpaired) electrons. The first-order valence-electron chi connectivity index (χ1n) is 38.4. The van der Waals surface area contributed by atoms with Crippen LogP contribution in [0.25, 0.3) is 0 Å². The van der Waals surface area contributed by atoms with Gasteiger partial charge >= 0.3 is 0 Å². The molecule has 13 fully saturated rings. The van der Waals surface area contributed by atoms with Gasteiger partial charge in [-0.15, -0.1) is 0 Å². The average molecular weight is 1230 g/mol. The second-order valence-corrected chi connectivity index (χ2v) is 30.9. The van der Waals surface area contributed by atoms with E-state index in [1.54, 1.807) is 0 Å². The quantitative estimate of drug-likeness (QED) is 0.0459. The van der Waals surface area contributed by atoms with Crippen molar-refractivity contribution in [2.75, 3.05) is 52.9 Å². The molecule has 0 spiro atoms. The third-order valence-electron chi connectivity index (χ3n) is 25.8. The van der Waals surface area contributed by atoms with E-state index in [0.29, 0.717) is 47.3 Å². The molecule has 24 atom stereocenters. The van der Waals surface area contributed by atoms with Crippen molar-refractivity contribution in [1.29, 1.82) is 0 Å². The fourth-order valence-electron chi connectivity index (χ4n) is 23.0. The molecular formula is C72H128N8O8. The topological polar surface area (TPSA) is 170 Å². The van der Waals surface area contributed by atoms with Crippen molar-refractivity contribution in [3.63, 3.8) is 0 Å². The number of rotatable bonds is 24. The fourth-order valence-corrected chi connectivity index (χ4v) is 23.0. The molecular weight excluding hydrogens is 1100 g/mol. The predicted octanol–water partition coefficient (Wildman–Crippen LogP) is 9.95. The van der Waals surface area contributed by atoms with Gasteiger partial charge in [-0.1, -0.05) is 107 Å². The third kappa shape index (κ3) is 12.6. The first-order valence-corrected chi connectivity index (χ1v) is 38.4. The van der Waals surface area contributed by atoms with Gasteiger partial charge < -0.3 is 37.9 Å². The highest BCUT2D eigenvalue weighted by atomic mass is 16.5. The minimum Gasteiger partial charge on any atom is -0.378 e. The maximum atomic E-state index is 7.51. The predicted molar refractivity (Wildman–Crippen MR) is 345 cm³/mol. The van der Waals surface area contributed by atoms with Gasteiger partial charge in [0, 0.05) is 100 Å². The van der Waals surface area contributed by atoms with Crippen LogP contribution >= 0.6 is 0 Å². The molecule has 8 bridgehead atoms. The Morgan fingerprint density at radius 3 is 0.409 bits per heavy atom. The molecule has 5 saturated heterocycles. The van der Waals surface area contributed by atoms with Crippen molar-refractivity contribution >= 4 is 0 Å². The second kappa shape index (κ2) is 30.6.